The molecular weight excluding hydrogens is 238 g/mol. The molecule has 108 valence electrons. The van der Waals surface area contributed by atoms with Gasteiger partial charge in [-0.1, -0.05) is 20.8 Å². The van der Waals surface area contributed by atoms with Crippen LogP contribution in [-0.4, -0.2) is 29.8 Å². The minimum Gasteiger partial charge on any atom is -0.396 e. The van der Waals surface area contributed by atoms with Gasteiger partial charge in [0.1, 0.15) is 5.82 Å². The van der Waals surface area contributed by atoms with E-state index in [4.69, 9.17) is 0 Å². The summed E-state index contributed by atoms with van der Waals surface area (Å²) in [6, 6.07) is 3.98. The zero-order chi connectivity index (χ0) is 14.1. The highest BCUT2D eigenvalue weighted by Crippen LogP contribution is 2.26. The number of hydrogen-bond donors (Lipinski definition) is 3. The molecule has 0 aliphatic heterocycles. The van der Waals surface area contributed by atoms with E-state index in [2.05, 4.69) is 36.4 Å². The van der Waals surface area contributed by atoms with Gasteiger partial charge in [-0.2, -0.15) is 0 Å². The Balaban J connectivity index is 2.61. The van der Waals surface area contributed by atoms with Crippen molar-refractivity contribution >= 4 is 11.5 Å². The van der Waals surface area contributed by atoms with Gasteiger partial charge in [0.15, 0.2) is 0 Å². The van der Waals surface area contributed by atoms with Gasteiger partial charge in [-0.25, -0.2) is 4.98 Å². The average molecular weight is 265 g/mol. The summed E-state index contributed by atoms with van der Waals surface area (Å²) in [4.78, 5) is 4.28. The lowest BCUT2D eigenvalue weighted by molar-refractivity contribution is 0.127. The van der Waals surface area contributed by atoms with Gasteiger partial charge in [-0.15, -0.1) is 0 Å². The van der Waals surface area contributed by atoms with Gasteiger partial charge in [0.25, 0.3) is 0 Å². The van der Waals surface area contributed by atoms with Gasteiger partial charge >= 0.3 is 0 Å². The summed E-state index contributed by atoms with van der Waals surface area (Å²) in [6.45, 7) is 8.32. The number of nitrogens with one attached hydrogen (secondary N) is 2. The third kappa shape index (κ3) is 4.71. The van der Waals surface area contributed by atoms with Crippen molar-refractivity contribution < 1.29 is 5.11 Å². The van der Waals surface area contributed by atoms with Crippen LogP contribution in [0, 0.1) is 5.41 Å². The first kappa shape index (κ1) is 15.8. The molecule has 0 saturated carbocycles. The van der Waals surface area contributed by atoms with E-state index in [1.165, 1.54) is 0 Å². The van der Waals surface area contributed by atoms with E-state index in [-0.39, 0.29) is 12.0 Å². The van der Waals surface area contributed by atoms with E-state index < -0.39 is 0 Å². The van der Waals surface area contributed by atoms with Gasteiger partial charge in [-0.05, 0) is 25.3 Å². The smallest absolute Gasteiger partial charge is 0.127 e. The van der Waals surface area contributed by atoms with Gasteiger partial charge in [0.05, 0.1) is 6.61 Å². The second kappa shape index (κ2) is 8.00. The maximum atomic E-state index is 9.56. The van der Waals surface area contributed by atoms with Crippen LogP contribution in [0.25, 0.3) is 0 Å². The average Bonchev–Trinajstić information content (AvgIpc) is 2.47. The number of nitrogens with zero attached hydrogens (tertiary/aromatic N) is 1. The van der Waals surface area contributed by atoms with Crippen LogP contribution < -0.4 is 10.6 Å². The largest absolute Gasteiger partial charge is 0.396 e. The topological polar surface area (TPSA) is 57.2 Å². The van der Waals surface area contributed by atoms with Gasteiger partial charge in [0.2, 0.25) is 0 Å². The molecule has 0 aromatic carbocycles. The lowest BCUT2D eigenvalue weighted by atomic mass is 9.83. The molecule has 0 aliphatic rings. The van der Waals surface area contributed by atoms with E-state index in [9.17, 15) is 5.11 Å². The number of hydrogen-bond acceptors (Lipinski definition) is 4. The monoisotopic (exact) mass is 265 g/mol. The zero-order valence-electron chi connectivity index (χ0n) is 12.4. The molecule has 0 spiro atoms. The molecule has 0 atom stereocenters. The van der Waals surface area contributed by atoms with Crippen LogP contribution in [0.4, 0.5) is 11.5 Å². The van der Waals surface area contributed by atoms with Crippen LogP contribution in [0.1, 0.15) is 40.0 Å². The molecule has 0 radical (unpaired) electrons. The maximum Gasteiger partial charge on any atom is 0.127 e. The Hall–Kier alpha value is -1.29. The Bertz CT molecular complexity index is 356. The van der Waals surface area contributed by atoms with Gasteiger partial charge in [-0.3, -0.25) is 0 Å². The van der Waals surface area contributed by atoms with Crippen molar-refractivity contribution in [3.05, 3.63) is 18.3 Å². The summed E-state index contributed by atoms with van der Waals surface area (Å²) in [5.74, 6) is 0.898. The first-order valence-corrected chi connectivity index (χ1v) is 7.24. The van der Waals surface area contributed by atoms with Crippen molar-refractivity contribution in [1.82, 2.24) is 4.98 Å². The van der Waals surface area contributed by atoms with Gasteiger partial charge in [0, 0.05) is 36.5 Å². The molecule has 19 heavy (non-hydrogen) atoms. The van der Waals surface area contributed by atoms with Crippen molar-refractivity contribution in [2.24, 2.45) is 5.41 Å². The van der Waals surface area contributed by atoms with Crippen LogP contribution >= 0.6 is 0 Å². The summed E-state index contributed by atoms with van der Waals surface area (Å²) in [7, 11) is 0. The summed E-state index contributed by atoms with van der Waals surface area (Å²) in [6.07, 6.45) is 4.83. The van der Waals surface area contributed by atoms with Crippen molar-refractivity contribution in [2.45, 2.75) is 40.0 Å². The highest BCUT2D eigenvalue weighted by Gasteiger charge is 2.24. The van der Waals surface area contributed by atoms with Crippen molar-refractivity contribution in [1.29, 1.82) is 0 Å². The second-order valence-electron chi connectivity index (χ2n) is 5.08. The van der Waals surface area contributed by atoms with Crippen molar-refractivity contribution in [3.8, 4) is 0 Å². The normalized spacial score (nSPS) is 11.4. The number of aliphatic hydroxyl groups excluding tert-OH is 1. The predicted octanol–water partition coefficient (Wildman–Crippen LogP) is 3.11. The molecule has 3 N–H and O–H groups in total. The number of pyridine rings is 1. The quantitative estimate of drug-likeness (QED) is 0.642. The van der Waals surface area contributed by atoms with Crippen molar-refractivity contribution in [3.63, 3.8) is 0 Å². The van der Waals surface area contributed by atoms with E-state index in [0.29, 0.717) is 0 Å². The van der Waals surface area contributed by atoms with E-state index >= 15 is 0 Å². The Morgan fingerprint density at radius 3 is 2.53 bits per heavy atom. The number of rotatable bonds is 9. The van der Waals surface area contributed by atoms with Crippen LogP contribution in [0.2, 0.25) is 0 Å². The number of anilines is 2. The lowest BCUT2D eigenvalue weighted by Gasteiger charge is -2.30. The minimum atomic E-state index is -0.0275. The molecule has 1 rings (SSSR count). The Labute approximate surface area is 116 Å². The van der Waals surface area contributed by atoms with Crippen LogP contribution in [0.3, 0.4) is 0 Å². The second-order valence-corrected chi connectivity index (χ2v) is 5.08. The third-order valence-electron chi connectivity index (χ3n) is 3.82. The third-order valence-corrected chi connectivity index (χ3v) is 3.82. The fraction of sp³-hybridized carbons (Fsp3) is 0.667. The fourth-order valence-corrected chi connectivity index (χ4v) is 1.96. The van der Waals surface area contributed by atoms with Crippen LogP contribution in [-0.2, 0) is 0 Å². The lowest BCUT2D eigenvalue weighted by Crippen LogP contribution is -2.32. The molecular formula is C15H27N3O. The van der Waals surface area contributed by atoms with Crippen LogP contribution in [0.5, 0.6) is 0 Å². The van der Waals surface area contributed by atoms with E-state index in [1.807, 2.05) is 12.1 Å². The van der Waals surface area contributed by atoms with Crippen LogP contribution in [0.15, 0.2) is 18.3 Å². The maximum absolute atomic E-state index is 9.56. The number of aromatic nitrogens is 1. The first-order chi connectivity index (χ1) is 9.19. The molecule has 0 saturated heterocycles. The SMILES string of the molecule is CCCNc1cc(NCC(CC)(CC)CO)ccn1. The predicted molar refractivity (Wildman–Crippen MR) is 81.6 cm³/mol. The molecule has 0 fully saturated rings. The van der Waals surface area contributed by atoms with E-state index in [0.717, 1.165) is 43.9 Å². The molecule has 1 aromatic heterocycles. The standard InChI is InChI=1S/C15H27N3O/c1-4-8-16-14-10-13(7-9-17-14)18-11-15(5-2,6-3)12-19/h7,9-10,19H,4-6,8,11-12H2,1-3H3,(H2,16,17,18). The minimum absolute atomic E-state index is 0.0275. The molecule has 0 bridgehead atoms. The highest BCUT2D eigenvalue weighted by molar-refractivity contribution is 5.51. The van der Waals surface area contributed by atoms with E-state index in [1.54, 1.807) is 6.20 Å². The Morgan fingerprint density at radius 2 is 1.95 bits per heavy atom. The molecule has 1 aromatic rings. The first-order valence-electron chi connectivity index (χ1n) is 7.24. The molecule has 1 heterocycles. The number of aliphatic hydroxyl groups is 1. The summed E-state index contributed by atoms with van der Waals surface area (Å²) < 4.78 is 0. The molecule has 4 heteroatoms. The van der Waals surface area contributed by atoms with Gasteiger partial charge < -0.3 is 15.7 Å². The highest BCUT2D eigenvalue weighted by atomic mass is 16.3. The summed E-state index contributed by atoms with van der Waals surface area (Å²) >= 11 is 0. The fourth-order valence-electron chi connectivity index (χ4n) is 1.96. The molecule has 4 nitrogen and oxygen atoms in total. The Kier molecular flexibility index (Phi) is 6.64. The molecule has 0 amide bonds. The van der Waals surface area contributed by atoms with Crippen molar-refractivity contribution in [2.75, 3.05) is 30.3 Å². The zero-order valence-corrected chi connectivity index (χ0v) is 12.4. The summed E-state index contributed by atoms with van der Waals surface area (Å²) in [5.41, 5.74) is 1.02. The Morgan fingerprint density at radius 1 is 1.21 bits per heavy atom. The summed E-state index contributed by atoms with van der Waals surface area (Å²) in [5, 5.41) is 16.2. The molecule has 0 aliphatic carbocycles. The molecule has 0 unspecified atom stereocenters.